The second-order valence-corrected chi connectivity index (χ2v) is 5.32. The molecule has 4 heteroatoms. The number of nitrogens with zero attached hydrogens (tertiary/aromatic N) is 3. The third-order valence-corrected chi connectivity index (χ3v) is 3.81. The van der Waals surface area contributed by atoms with Crippen molar-refractivity contribution in [3.05, 3.63) is 46.5 Å². The highest BCUT2D eigenvalue weighted by Gasteiger charge is 2.11. The van der Waals surface area contributed by atoms with Crippen molar-refractivity contribution in [3.8, 4) is 0 Å². The van der Waals surface area contributed by atoms with E-state index in [1.807, 2.05) is 18.3 Å². The van der Waals surface area contributed by atoms with E-state index in [4.69, 9.17) is 0 Å². The lowest BCUT2D eigenvalue weighted by Crippen LogP contribution is -2.04. The van der Waals surface area contributed by atoms with Crippen LogP contribution in [0.25, 0.3) is 11.2 Å². The molecule has 0 fully saturated rings. The lowest BCUT2D eigenvalue weighted by Gasteiger charge is -2.06. The molecule has 0 unspecified atom stereocenters. The zero-order valence-electron chi connectivity index (χ0n) is 10.3. The Balaban J connectivity index is 2.09. The molecule has 3 nitrogen and oxygen atoms in total. The van der Waals surface area contributed by atoms with Gasteiger partial charge >= 0.3 is 0 Å². The van der Waals surface area contributed by atoms with E-state index in [0.29, 0.717) is 0 Å². The number of aryl methyl sites for hydroxylation is 1. The molecule has 0 aromatic carbocycles. The molecule has 0 aliphatic carbocycles. The predicted octanol–water partition coefficient (Wildman–Crippen LogP) is 3.49. The Morgan fingerprint density at radius 2 is 2.22 bits per heavy atom. The second-order valence-electron chi connectivity index (χ2n) is 4.29. The number of hydrogen-bond acceptors (Lipinski definition) is 3. The van der Waals surface area contributed by atoms with Gasteiger partial charge in [0.05, 0.1) is 6.54 Å². The van der Waals surface area contributed by atoms with E-state index < -0.39 is 0 Å². The van der Waals surface area contributed by atoms with E-state index in [9.17, 15) is 0 Å². The highest BCUT2D eigenvalue weighted by atomic mass is 32.1. The summed E-state index contributed by atoms with van der Waals surface area (Å²) in [6.07, 6.45) is 3.94. The molecule has 0 spiro atoms. The Hall–Kier alpha value is -1.68. The third kappa shape index (κ3) is 2.04. The number of rotatable bonds is 4. The molecular formula is C14H15N3S. The van der Waals surface area contributed by atoms with E-state index in [1.54, 1.807) is 11.3 Å². The fraction of sp³-hybridized carbons (Fsp3) is 0.286. The maximum Gasteiger partial charge on any atom is 0.160 e. The fourth-order valence-electron chi connectivity index (χ4n) is 2.14. The highest BCUT2D eigenvalue weighted by molar-refractivity contribution is 7.09. The Kier molecular flexibility index (Phi) is 3.11. The van der Waals surface area contributed by atoms with Gasteiger partial charge in [0.2, 0.25) is 0 Å². The van der Waals surface area contributed by atoms with E-state index >= 15 is 0 Å². The van der Waals surface area contributed by atoms with Gasteiger partial charge in [-0.15, -0.1) is 11.3 Å². The van der Waals surface area contributed by atoms with Gasteiger partial charge in [-0.05, 0) is 30.0 Å². The van der Waals surface area contributed by atoms with E-state index in [0.717, 1.165) is 36.4 Å². The van der Waals surface area contributed by atoms with Crippen molar-refractivity contribution in [2.75, 3.05) is 0 Å². The molecule has 0 saturated heterocycles. The molecule has 3 aromatic heterocycles. The molecule has 18 heavy (non-hydrogen) atoms. The Bertz CT molecular complexity index is 640. The van der Waals surface area contributed by atoms with Crippen molar-refractivity contribution in [3.63, 3.8) is 0 Å². The maximum absolute atomic E-state index is 4.69. The minimum Gasteiger partial charge on any atom is -0.307 e. The number of aromatic nitrogens is 3. The lowest BCUT2D eigenvalue weighted by atomic mass is 10.3. The van der Waals surface area contributed by atoms with Crippen molar-refractivity contribution in [1.82, 2.24) is 14.5 Å². The van der Waals surface area contributed by atoms with Crippen molar-refractivity contribution >= 4 is 22.5 Å². The molecule has 0 radical (unpaired) electrons. The summed E-state index contributed by atoms with van der Waals surface area (Å²) in [5.41, 5.74) is 1.99. The van der Waals surface area contributed by atoms with Crippen LogP contribution in [0.4, 0.5) is 0 Å². The van der Waals surface area contributed by atoms with Gasteiger partial charge in [0.25, 0.3) is 0 Å². The molecule has 3 heterocycles. The van der Waals surface area contributed by atoms with Crippen molar-refractivity contribution in [1.29, 1.82) is 0 Å². The summed E-state index contributed by atoms with van der Waals surface area (Å²) >= 11 is 1.78. The van der Waals surface area contributed by atoms with E-state index in [-0.39, 0.29) is 0 Å². The predicted molar refractivity (Wildman–Crippen MR) is 74.9 cm³/mol. The number of hydrogen-bond donors (Lipinski definition) is 0. The van der Waals surface area contributed by atoms with E-state index in [1.165, 1.54) is 4.88 Å². The number of fused-ring (bicyclic) bond motifs is 1. The summed E-state index contributed by atoms with van der Waals surface area (Å²) in [4.78, 5) is 10.5. The van der Waals surface area contributed by atoms with Crippen LogP contribution in [-0.2, 0) is 13.0 Å². The van der Waals surface area contributed by atoms with Crippen LogP contribution in [0.15, 0.2) is 35.8 Å². The van der Waals surface area contributed by atoms with Crippen LogP contribution < -0.4 is 0 Å². The number of pyridine rings is 1. The molecule has 0 atom stereocenters. The van der Waals surface area contributed by atoms with Crippen LogP contribution >= 0.6 is 11.3 Å². The first-order valence-electron chi connectivity index (χ1n) is 6.21. The largest absolute Gasteiger partial charge is 0.307 e. The molecule has 92 valence electrons. The van der Waals surface area contributed by atoms with Crippen molar-refractivity contribution in [2.45, 2.75) is 26.3 Å². The van der Waals surface area contributed by atoms with Crippen molar-refractivity contribution < 1.29 is 0 Å². The SMILES string of the molecule is CCCc1nc2cccnc2n1Cc1cccs1. The van der Waals surface area contributed by atoms with Gasteiger partial charge in [0.1, 0.15) is 11.3 Å². The number of thiophene rings is 1. The Morgan fingerprint density at radius 3 is 3.00 bits per heavy atom. The van der Waals surface area contributed by atoms with Gasteiger partial charge in [-0.25, -0.2) is 9.97 Å². The summed E-state index contributed by atoms with van der Waals surface area (Å²) in [6, 6.07) is 8.23. The normalized spacial score (nSPS) is 11.2. The van der Waals surface area contributed by atoms with Crippen molar-refractivity contribution in [2.24, 2.45) is 0 Å². The first-order valence-corrected chi connectivity index (χ1v) is 7.09. The minimum atomic E-state index is 0.876. The zero-order valence-corrected chi connectivity index (χ0v) is 11.2. The quantitative estimate of drug-likeness (QED) is 0.716. The van der Waals surface area contributed by atoms with Gasteiger partial charge in [0, 0.05) is 17.5 Å². The van der Waals surface area contributed by atoms with Gasteiger partial charge < -0.3 is 4.57 Å². The third-order valence-electron chi connectivity index (χ3n) is 2.95. The first kappa shape index (κ1) is 11.4. The monoisotopic (exact) mass is 257 g/mol. The summed E-state index contributed by atoms with van der Waals surface area (Å²) in [5, 5.41) is 2.11. The van der Waals surface area contributed by atoms with Crippen LogP contribution in [0.3, 0.4) is 0 Å². The molecule has 0 N–H and O–H groups in total. The first-order chi connectivity index (χ1) is 8.88. The summed E-state index contributed by atoms with van der Waals surface area (Å²) in [7, 11) is 0. The Morgan fingerprint density at radius 1 is 1.28 bits per heavy atom. The molecule has 0 amide bonds. The van der Waals surface area contributed by atoms with Crippen LogP contribution in [0.1, 0.15) is 24.0 Å². The summed E-state index contributed by atoms with van der Waals surface area (Å²) in [5.74, 6) is 1.14. The van der Waals surface area contributed by atoms with Crippen LogP contribution in [0.5, 0.6) is 0 Å². The van der Waals surface area contributed by atoms with Gasteiger partial charge in [-0.2, -0.15) is 0 Å². The maximum atomic E-state index is 4.69. The molecule has 3 aromatic rings. The highest BCUT2D eigenvalue weighted by Crippen LogP contribution is 2.19. The topological polar surface area (TPSA) is 30.7 Å². The van der Waals surface area contributed by atoms with Crippen LogP contribution in [0.2, 0.25) is 0 Å². The molecule has 0 saturated carbocycles. The minimum absolute atomic E-state index is 0.876. The van der Waals surface area contributed by atoms with E-state index in [2.05, 4.69) is 39.0 Å². The average molecular weight is 257 g/mol. The smallest absolute Gasteiger partial charge is 0.160 e. The van der Waals surface area contributed by atoms with Crippen LogP contribution in [0, 0.1) is 0 Å². The molecule has 0 aliphatic rings. The molecule has 0 aliphatic heterocycles. The number of imidazole rings is 1. The zero-order chi connectivity index (χ0) is 12.4. The summed E-state index contributed by atoms with van der Waals surface area (Å²) in [6.45, 7) is 3.06. The average Bonchev–Trinajstić information content (AvgIpc) is 3.00. The standard InChI is InChI=1S/C14H15N3S/c1-2-5-13-16-12-7-3-8-15-14(12)17(13)10-11-6-4-9-18-11/h3-4,6-9H,2,5,10H2,1H3. The van der Waals surface area contributed by atoms with Gasteiger partial charge in [-0.3, -0.25) is 0 Å². The fourth-order valence-corrected chi connectivity index (χ4v) is 2.84. The van der Waals surface area contributed by atoms with Crippen LogP contribution in [-0.4, -0.2) is 14.5 Å². The summed E-state index contributed by atoms with van der Waals surface area (Å²) < 4.78 is 2.24. The molecular weight excluding hydrogens is 242 g/mol. The second kappa shape index (κ2) is 4.90. The molecule has 3 rings (SSSR count). The van der Waals surface area contributed by atoms with Gasteiger partial charge in [-0.1, -0.05) is 13.0 Å². The molecule has 0 bridgehead atoms. The van der Waals surface area contributed by atoms with Gasteiger partial charge in [0.15, 0.2) is 5.65 Å². The lowest BCUT2D eigenvalue weighted by molar-refractivity contribution is 0.723. The Labute approximate surface area is 110 Å².